The van der Waals surface area contributed by atoms with Gasteiger partial charge < -0.3 is 5.73 Å². The summed E-state index contributed by atoms with van der Waals surface area (Å²) >= 11 is 0. The molecule has 94 valence electrons. The van der Waals surface area contributed by atoms with Gasteiger partial charge in [0.15, 0.2) is 0 Å². The van der Waals surface area contributed by atoms with Crippen molar-refractivity contribution in [2.24, 2.45) is 11.1 Å². The lowest BCUT2D eigenvalue weighted by Crippen LogP contribution is -2.27. The summed E-state index contributed by atoms with van der Waals surface area (Å²) in [7, 11) is 0. The van der Waals surface area contributed by atoms with E-state index in [2.05, 4.69) is 6.58 Å². The molecule has 4 heteroatoms. The molecule has 1 aromatic rings. The summed E-state index contributed by atoms with van der Waals surface area (Å²) in [6, 6.07) is 5.16. The van der Waals surface area contributed by atoms with E-state index in [1.807, 2.05) is 6.92 Å². The fraction of sp³-hybridized carbons (Fsp3) is 0.385. The number of hydrogen-bond donors (Lipinski definition) is 1. The van der Waals surface area contributed by atoms with E-state index in [1.165, 1.54) is 12.1 Å². The van der Waals surface area contributed by atoms with Gasteiger partial charge in [-0.2, -0.15) is 13.2 Å². The Morgan fingerprint density at radius 3 is 2.12 bits per heavy atom. The minimum absolute atomic E-state index is 0.278. The van der Waals surface area contributed by atoms with Crippen LogP contribution in [0.2, 0.25) is 0 Å². The Labute approximate surface area is 99.1 Å². The van der Waals surface area contributed by atoms with Crippen LogP contribution in [0.5, 0.6) is 0 Å². The maximum absolute atomic E-state index is 12.4. The zero-order valence-corrected chi connectivity index (χ0v) is 9.72. The van der Waals surface area contributed by atoms with Crippen LogP contribution in [0.25, 0.3) is 0 Å². The van der Waals surface area contributed by atoms with E-state index in [9.17, 15) is 13.2 Å². The van der Waals surface area contributed by atoms with E-state index in [0.29, 0.717) is 13.0 Å². The van der Waals surface area contributed by atoms with Crippen molar-refractivity contribution < 1.29 is 13.2 Å². The van der Waals surface area contributed by atoms with Crippen LogP contribution in [-0.4, -0.2) is 6.54 Å². The van der Waals surface area contributed by atoms with Crippen LogP contribution in [-0.2, 0) is 12.6 Å². The first-order valence-electron chi connectivity index (χ1n) is 5.30. The second-order valence-electron chi connectivity index (χ2n) is 4.43. The predicted molar refractivity (Wildman–Crippen MR) is 62.5 cm³/mol. The van der Waals surface area contributed by atoms with Crippen molar-refractivity contribution in [3.05, 3.63) is 48.0 Å². The van der Waals surface area contributed by atoms with Gasteiger partial charge in [0.25, 0.3) is 0 Å². The maximum atomic E-state index is 12.4. The van der Waals surface area contributed by atoms with Gasteiger partial charge in [-0.1, -0.05) is 25.1 Å². The normalized spacial score (nSPS) is 15.4. The monoisotopic (exact) mass is 243 g/mol. The lowest BCUT2D eigenvalue weighted by Gasteiger charge is -2.23. The van der Waals surface area contributed by atoms with Gasteiger partial charge in [0.1, 0.15) is 0 Å². The zero-order valence-electron chi connectivity index (χ0n) is 9.72. The highest BCUT2D eigenvalue weighted by atomic mass is 19.4. The number of benzene rings is 1. The predicted octanol–water partition coefficient (Wildman–Crippen LogP) is 3.40. The number of hydrogen-bond acceptors (Lipinski definition) is 1. The second kappa shape index (κ2) is 4.92. The van der Waals surface area contributed by atoms with E-state index in [-0.39, 0.29) is 5.41 Å². The second-order valence-corrected chi connectivity index (χ2v) is 4.43. The Morgan fingerprint density at radius 2 is 1.76 bits per heavy atom. The third-order valence-electron chi connectivity index (χ3n) is 2.85. The zero-order chi connectivity index (χ0) is 13.1. The first-order valence-corrected chi connectivity index (χ1v) is 5.30. The molecule has 1 aromatic carbocycles. The van der Waals surface area contributed by atoms with E-state index >= 15 is 0 Å². The molecule has 0 spiro atoms. The van der Waals surface area contributed by atoms with Gasteiger partial charge in [-0.15, -0.1) is 6.58 Å². The Kier molecular flexibility index (Phi) is 3.98. The van der Waals surface area contributed by atoms with Crippen LogP contribution in [0.3, 0.4) is 0 Å². The summed E-state index contributed by atoms with van der Waals surface area (Å²) in [6.07, 6.45) is -1.95. The van der Waals surface area contributed by atoms with Gasteiger partial charge in [-0.25, -0.2) is 0 Å². The van der Waals surface area contributed by atoms with Crippen molar-refractivity contribution in [2.45, 2.75) is 19.5 Å². The molecule has 0 fully saturated rings. The lowest BCUT2D eigenvalue weighted by atomic mass is 9.84. The minimum atomic E-state index is -4.28. The maximum Gasteiger partial charge on any atom is 0.416 e. The van der Waals surface area contributed by atoms with Crippen molar-refractivity contribution >= 4 is 0 Å². The van der Waals surface area contributed by atoms with Gasteiger partial charge in [-0.3, -0.25) is 0 Å². The van der Waals surface area contributed by atoms with Gasteiger partial charge in [0.2, 0.25) is 0 Å². The largest absolute Gasteiger partial charge is 0.416 e. The molecule has 1 rings (SSSR count). The first kappa shape index (κ1) is 13.8. The molecular formula is C13H16F3N. The molecule has 2 N–H and O–H groups in total. The molecule has 0 aliphatic rings. The van der Waals surface area contributed by atoms with Crippen molar-refractivity contribution in [2.75, 3.05) is 6.54 Å². The van der Waals surface area contributed by atoms with Crippen molar-refractivity contribution in [1.29, 1.82) is 0 Å². The van der Waals surface area contributed by atoms with E-state index < -0.39 is 11.7 Å². The first-order chi connectivity index (χ1) is 7.80. The molecule has 1 nitrogen and oxygen atoms in total. The Morgan fingerprint density at radius 1 is 1.24 bits per heavy atom. The Balaban J connectivity index is 2.86. The summed E-state index contributed by atoms with van der Waals surface area (Å²) in [5.41, 5.74) is 5.53. The molecule has 1 unspecified atom stereocenters. The standard InChI is InChI=1S/C13H16F3N/c1-3-12(2,9-17)8-10-4-6-11(7-5-10)13(14,15)16/h3-7H,1,8-9,17H2,2H3. The molecule has 0 radical (unpaired) electrons. The summed E-state index contributed by atoms with van der Waals surface area (Å²) in [4.78, 5) is 0. The van der Waals surface area contributed by atoms with Crippen molar-refractivity contribution in [3.8, 4) is 0 Å². The Bertz CT molecular complexity index is 381. The number of rotatable bonds is 4. The van der Waals surface area contributed by atoms with Crippen LogP contribution in [0, 0.1) is 5.41 Å². The fourth-order valence-corrected chi connectivity index (χ4v) is 1.51. The molecule has 0 saturated carbocycles. The molecule has 0 aliphatic carbocycles. The third-order valence-corrected chi connectivity index (χ3v) is 2.85. The van der Waals surface area contributed by atoms with Crippen LogP contribution in [0.15, 0.2) is 36.9 Å². The van der Waals surface area contributed by atoms with Gasteiger partial charge in [-0.05, 0) is 24.1 Å². The number of halogens is 3. The minimum Gasteiger partial charge on any atom is -0.330 e. The molecule has 0 heterocycles. The summed E-state index contributed by atoms with van der Waals surface area (Å²) < 4.78 is 37.1. The highest BCUT2D eigenvalue weighted by Gasteiger charge is 2.30. The lowest BCUT2D eigenvalue weighted by molar-refractivity contribution is -0.137. The van der Waals surface area contributed by atoms with Crippen LogP contribution in [0.1, 0.15) is 18.1 Å². The van der Waals surface area contributed by atoms with E-state index in [0.717, 1.165) is 17.7 Å². The molecular weight excluding hydrogens is 227 g/mol. The highest BCUT2D eigenvalue weighted by molar-refractivity contribution is 5.26. The van der Waals surface area contributed by atoms with E-state index in [1.54, 1.807) is 6.08 Å². The van der Waals surface area contributed by atoms with Crippen LogP contribution < -0.4 is 5.73 Å². The molecule has 0 aromatic heterocycles. The molecule has 0 aliphatic heterocycles. The molecule has 0 saturated heterocycles. The topological polar surface area (TPSA) is 26.0 Å². The number of alkyl halides is 3. The molecule has 1 atom stereocenters. The van der Waals surface area contributed by atoms with Gasteiger partial charge in [0, 0.05) is 12.0 Å². The van der Waals surface area contributed by atoms with Gasteiger partial charge in [0.05, 0.1) is 5.56 Å². The Hall–Kier alpha value is -1.29. The van der Waals surface area contributed by atoms with Crippen molar-refractivity contribution in [3.63, 3.8) is 0 Å². The van der Waals surface area contributed by atoms with Gasteiger partial charge >= 0.3 is 6.18 Å². The van der Waals surface area contributed by atoms with Crippen LogP contribution >= 0.6 is 0 Å². The smallest absolute Gasteiger partial charge is 0.330 e. The van der Waals surface area contributed by atoms with Crippen molar-refractivity contribution in [1.82, 2.24) is 0 Å². The van der Waals surface area contributed by atoms with E-state index in [4.69, 9.17) is 5.73 Å². The SMILES string of the molecule is C=CC(C)(CN)Cc1ccc(C(F)(F)F)cc1. The third kappa shape index (κ3) is 3.60. The highest BCUT2D eigenvalue weighted by Crippen LogP contribution is 2.30. The molecule has 0 bridgehead atoms. The average molecular weight is 243 g/mol. The molecule has 17 heavy (non-hydrogen) atoms. The summed E-state index contributed by atoms with van der Waals surface area (Å²) in [6.45, 7) is 6.04. The summed E-state index contributed by atoms with van der Waals surface area (Å²) in [5, 5.41) is 0. The molecule has 0 amide bonds. The fourth-order valence-electron chi connectivity index (χ4n) is 1.51. The average Bonchev–Trinajstić information content (AvgIpc) is 2.28. The van der Waals surface area contributed by atoms with Crippen LogP contribution in [0.4, 0.5) is 13.2 Å². The summed E-state index contributed by atoms with van der Waals surface area (Å²) in [5.74, 6) is 0. The number of nitrogens with two attached hydrogens (primary N) is 1. The quantitative estimate of drug-likeness (QED) is 0.806.